The highest BCUT2D eigenvalue weighted by molar-refractivity contribution is 9.10. The SMILES string of the molecule is Cc1ccc(NC2(c3nnnn3-c3ccc(Br)cc3)CCCCC2)cc1. The lowest BCUT2D eigenvalue weighted by Gasteiger charge is -2.37. The van der Waals surface area contributed by atoms with Crippen LogP contribution in [0.15, 0.2) is 53.0 Å². The summed E-state index contributed by atoms with van der Waals surface area (Å²) in [4.78, 5) is 0. The average molecular weight is 412 g/mol. The highest BCUT2D eigenvalue weighted by Crippen LogP contribution is 2.39. The van der Waals surface area contributed by atoms with Gasteiger partial charge in [0.2, 0.25) is 0 Å². The Morgan fingerprint density at radius 1 is 0.962 bits per heavy atom. The van der Waals surface area contributed by atoms with Crippen LogP contribution in [0.1, 0.15) is 43.5 Å². The third-order valence-electron chi connectivity index (χ3n) is 5.11. The first-order chi connectivity index (χ1) is 12.7. The molecule has 2 aromatic carbocycles. The molecule has 1 fully saturated rings. The maximum atomic E-state index is 4.45. The van der Waals surface area contributed by atoms with Gasteiger partial charge in [0, 0.05) is 10.2 Å². The van der Waals surface area contributed by atoms with Crippen LogP contribution in [0.4, 0.5) is 5.69 Å². The number of aromatic nitrogens is 4. The van der Waals surface area contributed by atoms with E-state index < -0.39 is 0 Å². The van der Waals surface area contributed by atoms with Crippen LogP contribution < -0.4 is 5.32 Å². The van der Waals surface area contributed by atoms with E-state index in [1.165, 1.54) is 24.8 Å². The summed E-state index contributed by atoms with van der Waals surface area (Å²) in [6, 6.07) is 16.6. The van der Waals surface area contributed by atoms with Gasteiger partial charge in [-0.15, -0.1) is 5.10 Å². The number of nitrogens with zero attached hydrogens (tertiary/aromatic N) is 4. The van der Waals surface area contributed by atoms with Crippen molar-refractivity contribution in [2.75, 3.05) is 5.32 Å². The van der Waals surface area contributed by atoms with Crippen LogP contribution >= 0.6 is 15.9 Å². The smallest absolute Gasteiger partial charge is 0.181 e. The van der Waals surface area contributed by atoms with Gasteiger partial charge >= 0.3 is 0 Å². The fourth-order valence-electron chi connectivity index (χ4n) is 3.71. The predicted octanol–water partition coefficient (Wildman–Crippen LogP) is 5.00. The first-order valence-electron chi connectivity index (χ1n) is 9.06. The van der Waals surface area contributed by atoms with Crippen molar-refractivity contribution in [2.45, 2.75) is 44.6 Å². The van der Waals surface area contributed by atoms with Gasteiger partial charge in [-0.2, -0.15) is 4.68 Å². The van der Waals surface area contributed by atoms with Crippen molar-refractivity contribution < 1.29 is 0 Å². The minimum absolute atomic E-state index is 0.246. The molecule has 0 amide bonds. The summed E-state index contributed by atoms with van der Waals surface area (Å²) >= 11 is 3.49. The van der Waals surface area contributed by atoms with Gasteiger partial charge in [-0.1, -0.05) is 52.9 Å². The molecule has 5 nitrogen and oxygen atoms in total. The Morgan fingerprint density at radius 3 is 2.35 bits per heavy atom. The second kappa shape index (κ2) is 7.19. The zero-order valence-corrected chi connectivity index (χ0v) is 16.4. The highest BCUT2D eigenvalue weighted by Gasteiger charge is 2.39. The average Bonchev–Trinajstić information content (AvgIpc) is 3.16. The predicted molar refractivity (Wildman–Crippen MR) is 106 cm³/mol. The van der Waals surface area contributed by atoms with E-state index in [1.807, 2.05) is 28.9 Å². The largest absolute Gasteiger partial charge is 0.373 e. The summed E-state index contributed by atoms with van der Waals surface area (Å²) in [7, 11) is 0. The number of rotatable bonds is 4. The maximum absolute atomic E-state index is 4.45. The van der Waals surface area contributed by atoms with Crippen molar-refractivity contribution >= 4 is 21.6 Å². The molecule has 0 spiro atoms. The van der Waals surface area contributed by atoms with Gasteiger partial charge in [-0.05, 0) is 66.6 Å². The van der Waals surface area contributed by atoms with Crippen LogP contribution in [-0.4, -0.2) is 20.2 Å². The number of nitrogens with one attached hydrogen (secondary N) is 1. The van der Waals surface area contributed by atoms with Gasteiger partial charge in [0.15, 0.2) is 5.82 Å². The monoisotopic (exact) mass is 411 g/mol. The van der Waals surface area contributed by atoms with Gasteiger partial charge in [0.05, 0.1) is 11.2 Å². The molecule has 134 valence electrons. The minimum Gasteiger partial charge on any atom is -0.373 e. The number of hydrogen-bond acceptors (Lipinski definition) is 4. The fraction of sp³-hybridized carbons (Fsp3) is 0.350. The highest BCUT2D eigenvalue weighted by atomic mass is 79.9. The molecule has 6 heteroatoms. The Kier molecular flexibility index (Phi) is 4.76. The molecule has 1 aliphatic carbocycles. The molecule has 0 bridgehead atoms. The number of benzene rings is 2. The van der Waals surface area contributed by atoms with E-state index in [0.29, 0.717) is 0 Å². The van der Waals surface area contributed by atoms with Crippen molar-refractivity contribution in [1.29, 1.82) is 0 Å². The molecule has 0 saturated heterocycles. The second-order valence-corrected chi connectivity index (χ2v) is 7.94. The minimum atomic E-state index is -0.246. The van der Waals surface area contributed by atoms with E-state index in [1.54, 1.807) is 0 Å². The third-order valence-corrected chi connectivity index (χ3v) is 5.64. The Morgan fingerprint density at radius 2 is 1.65 bits per heavy atom. The van der Waals surface area contributed by atoms with Gasteiger partial charge in [-0.3, -0.25) is 0 Å². The van der Waals surface area contributed by atoms with Gasteiger partial charge in [0.1, 0.15) is 0 Å². The topological polar surface area (TPSA) is 55.6 Å². The number of hydrogen-bond donors (Lipinski definition) is 1. The third kappa shape index (κ3) is 3.38. The summed E-state index contributed by atoms with van der Waals surface area (Å²) in [6.45, 7) is 2.11. The quantitative estimate of drug-likeness (QED) is 0.655. The van der Waals surface area contributed by atoms with Crippen LogP contribution in [0.5, 0.6) is 0 Å². The zero-order chi connectivity index (χ0) is 18.0. The molecule has 1 heterocycles. The molecule has 4 rings (SSSR count). The number of halogens is 1. The van der Waals surface area contributed by atoms with Gasteiger partial charge in [-0.25, -0.2) is 0 Å². The first-order valence-corrected chi connectivity index (χ1v) is 9.85. The molecule has 0 aliphatic heterocycles. The van der Waals surface area contributed by atoms with Crippen molar-refractivity contribution in [2.24, 2.45) is 0 Å². The Hall–Kier alpha value is -2.21. The van der Waals surface area contributed by atoms with Crippen molar-refractivity contribution in [3.8, 4) is 5.69 Å². The zero-order valence-electron chi connectivity index (χ0n) is 14.8. The number of aryl methyl sites for hydroxylation is 1. The molecule has 3 aromatic rings. The lowest BCUT2D eigenvalue weighted by Crippen LogP contribution is -2.40. The van der Waals surface area contributed by atoms with Crippen molar-refractivity contribution in [3.05, 3.63) is 64.4 Å². The standard InChI is InChI=1S/C20H22BrN5/c1-15-5-9-17(10-6-15)22-20(13-3-2-4-14-20)19-23-24-25-26(19)18-11-7-16(21)8-12-18/h5-12,22H,2-4,13-14H2,1H3. The molecular weight excluding hydrogens is 390 g/mol. The summed E-state index contributed by atoms with van der Waals surface area (Å²) in [6.07, 6.45) is 5.66. The van der Waals surface area contributed by atoms with E-state index in [4.69, 9.17) is 0 Å². The number of tetrazole rings is 1. The molecule has 0 radical (unpaired) electrons. The summed E-state index contributed by atoms with van der Waals surface area (Å²) in [5, 5.41) is 16.5. The molecule has 0 unspecified atom stereocenters. The van der Waals surface area contributed by atoms with Gasteiger partial charge in [0.25, 0.3) is 0 Å². The molecule has 1 saturated carbocycles. The fourth-order valence-corrected chi connectivity index (χ4v) is 3.98. The molecule has 1 N–H and O–H groups in total. The summed E-state index contributed by atoms with van der Waals surface area (Å²) in [5.74, 6) is 0.889. The first kappa shape index (κ1) is 17.2. The second-order valence-electron chi connectivity index (χ2n) is 7.02. The Labute approximate surface area is 161 Å². The molecular formula is C20H22BrN5. The Balaban J connectivity index is 1.74. The van der Waals surface area contributed by atoms with E-state index in [0.717, 1.165) is 34.5 Å². The maximum Gasteiger partial charge on any atom is 0.181 e. The van der Waals surface area contributed by atoms with E-state index in [9.17, 15) is 0 Å². The van der Waals surface area contributed by atoms with Crippen molar-refractivity contribution in [1.82, 2.24) is 20.2 Å². The Bertz CT molecular complexity index is 864. The summed E-state index contributed by atoms with van der Waals surface area (Å²) in [5.41, 5.74) is 3.10. The lowest BCUT2D eigenvalue weighted by molar-refractivity contribution is 0.309. The van der Waals surface area contributed by atoms with Crippen LogP contribution in [-0.2, 0) is 5.54 Å². The van der Waals surface area contributed by atoms with Crippen LogP contribution in [0.3, 0.4) is 0 Å². The molecule has 26 heavy (non-hydrogen) atoms. The van der Waals surface area contributed by atoms with Crippen LogP contribution in [0.25, 0.3) is 5.69 Å². The van der Waals surface area contributed by atoms with Gasteiger partial charge < -0.3 is 5.32 Å². The molecule has 1 aromatic heterocycles. The van der Waals surface area contributed by atoms with Crippen LogP contribution in [0, 0.1) is 6.92 Å². The molecule has 0 atom stereocenters. The van der Waals surface area contributed by atoms with E-state index >= 15 is 0 Å². The van der Waals surface area contributed by atoms with Crippen LogP contribution in [0.2, 0.25) is 0 Å². The normalized spacial score (nSPS) is 16.4. The summed E-state index contributed by atoms with van der Waals surface area (Å²) < 4.78 is 2.92. The van der Waals surface area contributed by atoms with E-state index in [2.05, 4.69) is 68.0 Å². The molecule has 1 aliphatic rings. The number of anilines is 1. The van der Waals surface area contributed by atoms with E-state index in [-0.39, 0.29) is 5.54 Å². The van der Waals surface area contributed by atoms with Crippen molar-refractivity contribution in [3.63, 3.8) is 0 Å². The lowest BCUT2D eigenvalue weighted by atomic mass is 9.80.